The molecule has 1 aromatic carbocycles. The molecule has 0 aliphatic rings. The van der Waals surface area contributed by atoms with Gasteiger partial charge >= 0.3 is 5.76 Å². The number of halogens is 1. The first-order valence-electron chi connectivity index (χ1n) is 4.24. The van der Waals surface area contributed by atoms with Crippen molar-refractivity contribution >= 4 is 22.6 Å². The molecule has 2 rings (SSSR count). The zero-order chi connectivity index (χ0) is 10.8. The minimum atomic E-state index is -0.591. The van der Waals surface area contributed by atoms with Crippen LogP contribution in [0.25, 0.3) is 0 Å². The van der Waals surface area contributed by atoms with Crippen LogP contribution < -0.4 is 11.5 Å². The van der Waals surface area contributed by atoms with Gasteiger partial charge in [-0.1, -0.05) is 23.4 Å². The van der Waals surface area contributed by atoms with Crippen LogP contribution in [0.1, 0.15) is 17.4 Å². The predicted octanol–water partition coefficient (Wildman–Crippen LogP) is 1.02. The van der Waals surface area contributed by atoms with E-state index in [1.165, 1.54) is 0 Å². The lowest BCUT2D eigenvalue weighted by molar-refractivity contribution is 0.379. The van der Waals surface area contributed by atoms with Gasteiger partial charge in [0, 0.05) is 3.57 Å². The summed E-state index contributed by atoms with van der Waals surface area (Å²) in [6, 6.07) is 7.16. The fraction of sp³-hybridized carbons (Fsp3) is 0.111. The monoisotopic (exact) mass is 317 g/mol. The molecule has 2 aromatic rings. The Labute approximate surface area is 98.8 Å². The maximum absolute atomic E-state index is 10.8. The van der Waals surface area contributed by atoms with Gasteiger partial charge in [-0.05, 0) is 34.2 Å². The van der Waals surface area contributed by atoms with E-state index in [1.54, 1.807) is 0 Å². The van der Waals surface area contributed by atoms with E-state index in [2.05, 4.69) is 37.3 Å². The van der Waals surface area contributed by atoms with Crippen molar-refractivity contribution in [2.75, 3.05) is 0 Å². The number of nitrogens with zero attached hydrogens (tertiary/aromatic N) is 1. The van der Waals surface area contributed by atoms with E-state index in [0.29, 0.717) is 5.82 Å². The molecular formula is C9H8IN3O2. The van der Waals surface area contributed by atoms with E-state index < -0.39 is 11.8 Å². The molecule has 0 fully saturated rings. The highest BCUT2D eigenvalue weighted by Gasteiger charge is 2.15. The molecule has 5 nitrogen and oxygen atoms in total. The smallest absolute Gasteiger partial charge is 0.318 e. The predicted molar refractivity (Wildman–Crippen MR) is 62.3 cm³/mol. The topological polar surface area (TPSA) is 84.9 Å². The fourth-order valence-corrected chi connectivity index (χ4v) is 1.97. The Bertz CT molecular complexity index is 520. The molecule has 1 atom stereocenters. The van der Waals surface area contributed by atoms with Crippen LogP contribution in [0.4, 0.5) is 0 Å². The minimum Gasteiger partial charge on any atom is -0.318 e. The molecule has 1 unspecified atom stereocenters. The van der Waals surface area contributed by atoms with Crippen LogP contribution in [0.3, 0.4) is 0 Å². The first kappa shape index (κ1) is 10.4. The highest BCUT2D eigenvalue weighted by atomic mass is 127. The fourth-order valence-electron chi connectivity index (χ4n) is 1.25. The third-order valence-electron chi connectivity index (χ3n) is 1.99. The molecule has 6 heteroatoms. The van der Waals surface area contributed by atoms with Gasteiger partial charge in [-0.15, -0.1) is 0 Å². The van der Waals surface area contributed by atoms with Gasteiger partial charge in [0.15, 0.2) is 5.82 Å². The molecule has 1 aromatic heterocycles. The zero-order valence-electron chi connectivity index (χ0n) is 7.61. The third kappa shape index (κ3) is 2.10. The first-order chi connectivity index (χ1) is 7.18. The lowest BCUT2D eigenvalue weighted by atomic mass is 10.1. The van der Waals surface area contributed by atoms with Crippen molar-refractivity contribution in [3.05, 3.63) is 49.8 Å². The molecule has 0 saturated heterocycles. The summed E-state index contributed by atoms with van der Waals surface area (Å²) < 4.78 is 5.42. The van der Waals surface area contributed by atoms with Crippen molar-refractivity contribution in [2.24, 2.45) is 5.73 Å². The van der Waals surface area contributed by atoms with Crippen molar-refractivity contribution in [3.8, 4) is 0 Å². The molecule has 15 heavy (non-hydrogen) atoms. The van der Waals surface area contributed by atoms with Crippen molar-refractivity contribution in [2.45, 2.75) is 6.04 Å². The quantitative estimate of drug-likeness (QED) is 0.810. The number of benzene rings is 1. The number of aromatic amines is 1. The summed E-state index contributed by atoms with van der Waals surface area (Å²) >= 11 is 2.18. The van der Waals surface area contributed by atoms with Gasteiger partial charge in [-0.25, -0.2) is 4.79 Å². The SMILES string of the molecule is NC(c1noc(=O)[nH]1)c1ccccc1I. The van der Waals surface area contributed by atoms with Crippen LogP contribution >= 0.6 is 22.6 Å². The van der Waals surface area contributed by atoms with E-state index in [0.717, 1.165) is 9.13 Å². The van der Waals surface area contributed by atoms with Crippen LogP contribution in [0.5, 0.6) is 0 Å². The van der Waals surface area contributed by atoms with Crippen molar-refractivity contribution in [3.63, 3.8) is 0 Å². The molecular weight excluding hydrogens is 309 g/mol. The van der Waals surface area contributed by atoms with Gasteiger partial charge in [0.1, 0.15) is 0 Å². The average Bonchev–Trinajstić information content (AvgIpc) is 2.65. The number of hydrogen-bond donors (Lipinski definition) is 2. The van der Waals surface area contributed by atoms with E-state index in [9.17, 15) is 4.79 Å². The van der Waals surface area contributed by atoms with E-state index in [4.69, 9.17) is 5.73 Å². The number of nitrogens with one attached hydrogen (secondary N) is 1. The lowest BCUT2D eigenvalue weighted by Gasteiger charge is -2.09. The molecule has 0 aliphatic heterocycles. The Hall–Kier alpha value is -1.15. The van der Waals surface area contributed by atoms with E-state index in [-0.39, 0.29) is 0 Å². The summed E-state index contributed by atoms with van der Waals surface area (Å²) in [5, 5.41) is 3.56. The van der Waals surface area contributed by atoms with Gasteiger partial charge in [-0.3, -0.25) is 9.51 Å². The molecule has 0 radical (unpaired) electrons. The average molecular weight is 317 g/mol. The standard InChI is InChI=1S/C9H8IN3O2/c10-6-4-2-1-3-5(6)7(11)8-12-9(14)15-13-8/h1-4,7H,11H2,(H,12,13,14). The number of nitrogens with two attached hydrogens (primary N) is 1. The first-order valence-corrected chi connectivity index (χ1v) is 5.32. The number of aromatic nitrogens is 2. The number of hydrogen-bond acceptors (Lipinski definition) is 4. The maximum atomic E-state index is 10.8. The molecule has 0 amide bonds. The molecule has 0 spiro atoms. The lowest BCUT2D eigenvalue weighted by Crippen LogP contribution is -2.15. The second-order valence-corrected chi connectivity index (χ2v) is 4.14. The number of rotatable bonds is 2. The molecule has 0 bridgehead atoms. The molecule has 1 heterocycles. The summed E-state index contributed by atoms with van der Waals surface area (Å²) in [4.78, 5) is 13.2. The number of H-pyrrole nitrogens is 1. The summed E-state index contributed by atoms with van der Waals surface area (Å²) in [5.74, 6) is -0.254. The van der Waals surface area contributed by atoms with Crippen LogP contribution in [-0.2, 0) is 0 Å². The van der Waals surface area contributed by atoms with Gasteiger partial charge in [-0.2, -0.15) is 0 Å². The van der Waals surface area contributed by atoms with Crippen molar-refractivity contribution < 1.29 is 4.52 Å². The van der Waals surface area contributed by atoms with Crippen LogP contribution in [0.2, 0.25) is 0 Å². The Morgan fingerprint density at radius 3 is 2.80 bits per heavy atom. The van der Waals surface area contributed by atoms with Gasteiger partial charge < -0.3 is 5.73 Å². The van der Waals surface area contributed by atoms with E-state index >= 15 is 0 Å². The van der Waals surface area contributed by atoms with Gasteiger partial charge in [0.25, 0.3) is 0 Å². The summed E-state index contributed by atoms with van der Waals surface area (Å²) in [6.07, 6.45) is 0. The summed E-state index contributed by atoms with van der Waals surface area (Å²) in [7, 11) is 0. The van der Waals surface area contributed by atoms with Crippen molar-refractivity contribution in [1.29, 1.82) is 0 Å². The second-order valence-electron chi connectivity index (χ2n) is 2.98. The zero-order valence-corrected chi connectivity index (χ0v) is 9.76. The molecule has 3 N–H and O–H groups in total. The molecule has 0 aliphatic carbocycles. The van der Waals surface area contributed by atoms with Crippen LogP contribution in [0.15, 0.2) is 33.6 Å². The second kappa shape index (κ2) is 4.15. The Balaban J connectivity index is 2.40. The van der Waals surface area contributed by atoms with Gasteiger partial charge in [0.2, 0.25) is 0 Å². The summed E-state index contributed by atoms with van der Waals surface area (Å²) in [6.45, 7) is 0. The summed E-state index contributed by atoms with van der Waals surface area (Å²) in [5.41, 5.74) is 6.84. The van der Waals surface area contributed by atoms with Gasteiger partial charge in [0.05, 0.1) is 6.04 Å². The van der Waals surface area contributed by atoms with E-state index in [1.807, 2.05) is 24.3 Å². The van der Waals surface area contributed by atoms with Crippen LogP contribution in [-0.4, -0.2) is 10.1 Å². The van der Waals surface area contributed by atoms with Crippen LogP contribution in [0, 0.1) is 3.57 Å². The highest BCUT2D eigenvalue weighted by molar-refractivity contribution is 14.1. The Kier molecular flexibility index (Phi) is 2.87. The Morgan fingerprint density at radius 2 is 2.20 bits per heavy atom. The third-order valence-corrected chi connectivity index (χ3v) is 2.97. The normalized spacial score (nSPS) is 12.7. The molecule has 78 valence electrons. The van der Waals surface area contributed by atoms with Crippen molar-refractivity contribution in [1.82, 2.24) is 10.1 Å². The molecule has 0 saturated carbocycles. The highest BCUT2D eigenvalue weighted by Crippen LogP contribution is 2.20. The Morgan fingerprint density at radius 1 is 1.47 bits per heavy atom. The maximum Gasteiger partial charge on any atom is 0.438 e. The minimum absolute atomic E-state index is 0.337. The largest absolute Gasteiger partial charge is 0.438 e.